The fourth-order valence-electron chi connectivity index (χ4n) is 3.11. The second-order valence-corrected chi connectivity index (χ2v) is 6.79. The van der Waals surface area contributed by atoms with Crippen LogP contribution in [-0.4, -0.2) is 41.1 Å². The zero-order chi connectivity index (χ0) is 18.0. The van der Waals surface area contributed by atoms with Crippen LogP contribution in [0.3, 0.4) is 0 Å². The van der Waals surface area contributed by atoms with Crippen molar-refractivity contribution in [2.45, 2.75) is 32.7 Å². The summed E-state index contributed by atoms with van der Waals surface area (Å²) in [5.74, 6) is -1.51. The maximum Gasteiger partial charge on any atom is 0.326 e. The number of rotatable bonds is 5. The van der Waals surface area contributed by atoms with Crippen molar-refractivity contribution in [2.75, 3.05) is 18.0 Å². The van der Waals surface area contributed by atoms with E-state index >= 15 is 0 Å². The molecule has 7 nitrogen and oxygen atoms in total. The van der Waals surface area contributed by atoms with Crippen LogP contribution in [0.4, 0.5) is 6.01 Å². The highest BCUT2D eigenvalue weighted by Gasteiger charge is 2.31. The highest BCUT2D eigenvalue weighted by atomic mass is 16.4. The number of hydrogen-bond acceptors (Lipinski definition) is 5. The van der Waals surface area contributed by atoms with Crippen LogP contribution in [0, 0.1) is 11.8 Å². The first-order valence-corrected chi connectivity index (χ1v) is 8.59. The lowest BCUT2D eigenvalue weighted by Crippen LogP contribution is -2.48. The first-order chi connectivity index (χ1) is 12.0. The van der Waals surface area contributed by atoms with Gasteiger partial charge < -0.3 is 19.7 Å². The molecule has 0 aliphatic carbocycles. The molecule has 0 unspecified atom stereocenters. The summed E-state index contributed by atoms with van der Waals surface area (Å²) in [6.45, 7) is 4.89. The molecule has 1 aromatic heterocycles. The largest absolute Gasteiger partial charge is 0.480 e. The molecular formula is C18H23N3O4. The quantitative estimate of drug-likeness (QED) is 0.863. The third kappa shape index (κ3) is 3.75. The van der Waals surface area contributed by atoms with E-state index in [1.54, 1.807) is 13.8 Å². The molecule has 25 heavy (non-hydrogen) atoms. The standard InChI is InChI=1S/C18H23N3O4/c1-11(2)15(17(23)24)20-16(22)12-7-9-21(10-8-12)18-19-13-5-3-4-6-14(13)25-18/h3-6,11-12,15H,7-10H2,1-2H3,(H,20,22)(H,23,24)/t15-/m0/s1. The molecular weight excluding hydrogens is 322 g/mol. The van der Waals surface area contributed by atoms with Crippen molar-refractivity contribution in [1.82, 2.24) is 10.3 Å². The van der Waals surface area contributed by atoms with Crippen LogP contribution in [-0.2, 0) is 9.59 Å². The van der Waals surface area contributed by atoms with E-state index in [2.05, 4.69) is 10.3 Å². The Labute approximate surface area is 146 Å². The smallest absolute Gasteiger partial charge is 0.326 e. The number of carboxylic acid groups (broad SMARTS) is 1. The van der Waals surface area contributed by atoms with E-state index in [9.17, 15) is 14.7 Å². The summed E-state index contributed by atoms with van der Waals surface area (Å²) < 4.78 is 5.77. The molecule has 1 saturated heterocycles. The van der Waals surface area contributed by atoms with Crippen LogP contribution in [0.15, 0.2) is 28.7 Å². The topological polar surface area (TPSA) is 95.7 Å². The zero-order valence-electron chi connectivity index (χ0n) is 14.4. The monoisotopic (exact) mass is 345 g/mol. The second-order valence-electron chi connectivity index (χ2n) is 6.79. The second kappa shape index (κ2) is 7.13. The maximum atomic E-state index is 12.4. The van der Waals surface area contributed by atoms with E-state index in [-0.39, 0.29) is 17.7 Å². The number of para-hydroxylation sites is 2. The van der Waals surface area contributed by atoms with E-state index in [0.717, 1.165) is 11.1 Å². The molecule has 7 heteroatoms. The van der Waals surface area contributed by atoms with E-state index in [0.29, 0.717) is 31.9 Å². The summed E-state index contributed by atoms with van der Waals surface area (Å²) in [5, 5.41) is 11.9. The lowest BCUT2D eigenvalue weighted by atomic mass is 9.95. The number of oxazole rings is 1. The van der Waals surface area contributed by atoms with Gasteiger partial charge in [-0.1, -0.05) is 26.0 Å². The summed E-state index contributed by atoms with van der Waals surface area (Å²) >= 11 is 0. The van der Waals surface area contributed by atoms with E-state index in [1.807, 2.05) is 29.2 Å². The van der Waals surface area contributed by atoms with Crippen molar-refractivity contribution < 1.29 is 19.1 Å². The summed E-state index contributed by atoms with van der Waals surface area (Å²) in [5.41, 5.74) is 1.57. The molecule has 1 aromatic carbocycles. The SMILES string of the molecule is CC(C)[C@H](NC(=O)C1CCN(c2nc3ccccc3o2)CC1)C(=O)O. The van der Waals surface area contributed by atoms with E-state index in [1.165, 1.54) is 0 Å². The summed E-state index contributed by atoms with van der Waals surface area (Å²) in [4.78, 5) is 30.1. The number of carbonyl (C=O) groups is 2. The van der Waals surface area contributed by atoms with Crippen molar-refractivity contribution in [1.29, 1.82) is 0 Å². The van der Waals surface area contributed by atoms with Gasteiger partial charge in [-0.05, 0) is 30.9 Å². The highest BCUT2D eigenvalue weighted by molar-refractivity contribution is 5.85. The summed E-state index contributed by atoms with van der Waals surface area (Å²) in [6.07, 6.45) is 1.30. The van der Waals surface area contributed by atoms with Gasteiger partial charge in [0.2, 0.25) is 5.91 Å². The summed E-state index contributed by atoms with van der Waals surface area (Å²) in [6, 6.07) is 7.33. The van der Waals surface area contributed by atoms with Gasteiger partial charge in [0.15, 0.2) is 5.58 Å². The number of nitrogens with zero attached hydrogens (tertiary/aromatic N) is 2. The number of piperidine rings is 1. The Morgan fingerprint density at radius 2 is 1.96 bits per heavy atom. The Bertz CT molecular complexity index is 730. The summed E-state index contributed by atoms with van der Waals surface area (Å²) in [7, 11) is 0. The number of carbonyl (C=O) groups excluding carboxylic acids is 1. The first kappa shape index (κ1) is 17.3. The number of benzene rings is 1. The molecule has 0 radical (unpaired) electrons. The van der Waals surface area contributed by atoms with Crippen molar-refractivity contribution in [3.8, 4) is 0 Å². The van der Waals surface area contributed by atoms with E-state index < -0.39 is 12.0 Å². The van der Waals surface area contributed by atoms with Crippen molar-refractivity contribution in [2.24, 2.45) is 11.8 Å². The van der Waals surface area contributed by atoms with Crippen molar-refractivity contribution in [3.63, 3.8) is 0 Å². The van der Waals surface area contributed by atoms with Crippen LogP contribution in [0.25, 0.3) is 11.1 Å². The molecule has 134 valence electrons. The molecule has 2 aromatic rings. The normalized spacial score (nSPS) is 17.0. The number of aliphatic carboxylic acids is 1. The van der Waals surface area contributed by atoms with Gasteiger partial charge in [0.05, 0.1) is 0 Å². The molecule has 0 spiro atoms. The molecule has 1 aliphatic rings. The van der Waals surface area contributed by atoms with Gasteiger partial charge >= 0.3 is 5.97 Å². The lowest BCUT2D eigenvalue weighted by Gasteiger charge is -2.31. The highest BCUT2D eigenvalue weighted by Crippen LogP contribution is 2.26. The van der Waals surface area contributed by atoms with Crippen LogP contribution in [0.1, 0.15) is 26.7 Å². The average molecular weight is 345 g/mol. The Morgan fingerprint density at radius 1 is 1.28 bits per heavy atom. The average Bonchev–Trinajstić information content (AvgIpc) is 3.03. The first-order valence-electron chi connectivity index (χ1n) is 8.59. The van der Waals surface area contributed by atoms with E-state index in [4.69, 9.17) is 4.42 Å². The predicted molar refractivity (Wildman–Crippen MR) is 93.4 cm³/mol. The van der Waals surface area contributed by atoms with Crippen LogP contribution in [0.2, 0.25) is 0 Å². The van der Waals surface area contributed by atoms with Gasteiger partial charge in [-0.25, -0.2) is 4.79 Å². The Hall–Kier alpha value is -2.57. The predicted octanol–water partition coefficient (Wildman–Crippen LogP) is 2.27. The molecule has 1 aliphatic heterocycles. The van der Waals surface area contributed by atoms with Crippen LogP contribution < -0.4 is 10.2 Å². The molecule has 1 amide bonds. The van der Waals surface area contributed by atoms with Gasteiger partial charge in [-0.3, -0.25) is 4.79 Å². The third-order valence-corrected chi connectivity index (χ3v) is 4.65. The van der Waals surface area contributed by atoms with Crippen LogP contribution >= 0.6 is 0 Å². The third-order valence-electron chi connectivity index (χ3n) is 4.65. The fourth-order valence-corrected chi connectivity index (χ4v) is 3.11. The molecule has 1 fully saturated rings. The molecule has 0 saturated carbocycles. The van der Waals surface area contributed by atoms with Gasteiger partial charge in [-0.2, -0.15) is 4.98 Å². The minimum Gasteiger partial charge on any atom is -0.480 e. The molecule has 0 bridgehead atoms. The van der Waals surface area contributed by atoms with Crippen LogP contribution in [0.5, 0.6) is 0 Å². The number of hydrogen-bond donors (Lipinski definition) is 2. The van der Waals surface area contributed by atoms with Crippen molar-refractivity contribution in [3.05, 3.63) is 24.3 Å². The Balaban J connectivity index is 1.59. The van der Waals surface area contributed by atoms with Crippen molar-refractivity contribution >= 4 is 29.0 Å². The number of anilines is 1. The number of carboxylic acids is 1. The molecule has 2 N–H and O–H groups in total. The number of amides is 1. The number of nitrogens with one attached hydrogen (secondary N) is 1. The van der Waals surface area contributed by atoms with Gasteiger partial charge in [-0.15, -0.1) is 0 Å². The number of aromatic nitrogens is 1. The van der Waals surface area contributed by atoms with Gasteiger partial charge in [0, 0.05) is 19.0 Å². The maximum absolute atomic E-state index is 12.4. The Morgan fingerprint density at radius 3 is 2.56 bits per heavy atom. The molecule has 2 heterocycles. The van der Waals surface area contributed by atoms with Gasteiger partial charge in [0.25, 0.3) is 6.01 Å². The fraction of sp³-hybridized carbons (Fsp3) is 0.500. The Kier molecular flexibility index (Phi) is 4.92. The minimum absolute atomic E-state index is 0.152. The number of fused-ring (bicyclic) bond motifs is 1. The van der Waals surface area contributed by atoms with Gasteiger partial charge in [0.1, 0.15) is 11.6 Å². The molecule has 1 atom stereocenters. The molecule has 3 rings (SSSR count). The lowest BCUT2D eigenvalue weighted by molar-refractivity contribution is -0.143. The minimum atomic E-state index is -0.993. The zero-order valence-corrected chi connectivity index (χ0v) is 14.4.